The predicted octanol–water partition coefficient (Wildman–Crippen LogP) is 2.40. The molecule has 0 atom stereocenters. The van der Waals surface area contributed by atoms with Gasteiger partial charge in [0.1, 0.15) is 5.75 Å². The summed E-state index contributed by atoms with van der Waals surface area (Å²) >= 11 is 0. The molecule has 0 bridgehead atoms. The van der Waals surface area contributed by atoms with Gasteiger partial charge in [-0.15, -0.1) is 0 Å². The Hall–Kier alpha value is -2.46. The van der Waals surface area contributed by atoms with Crippen LogP contribution >= 0.6 is 0 Å². The standard InChI is InChI=1S/C25H36N4O4S/c1-5-29(6-2)34(31,32)22-10-11-24(33-4)23(17-22)25(30)26-18-20-8-7-9-21(16-20)19-28-14-12-27(3)13-15-28/h7-11,16-17H,5-6,12-15,18-19H2,1-4H3,(H,26,30). The average molecular weight is 489 g/mol. The van der Waals surface area contributed by atoms with Gasteiger partial charge in [-0.1, -0.05) is 38.1 Å². The third kappa shape index (κ3) is 6.35. The molecule has 1 heterocycles. The van der Waals surface area contributed by atoms with Crippen molar-refractivity contribution in [2.75, 3.05) is 53.4 Å². The third-order valence-corrected chi connectivity index (χ3v) is 8.25. The minimum absolute atomic E-state index is 0.0799. The van der Waals surface area contributed by atoms with Gasteiger partial charge in [0.25, 0.3) is 5.91 Å². The number of sulfonamides is 1. The highest BCUT2D eigenvalue weighted by Crippen LogP contribution is 2.25. The van der Waals surface area contributed by atoms with Crippen LogP contribution in [-0.4, -0.2) is 81.9 Å². The Morgan fingerprint density at radius 3 is 2.35 bits per heavy atom. The van der Waals surface area contributed by atoms with E-state index in [0.29, 0.717) is 25.4 Å². The maximum atomic E-state index is 13.0. The molecule has 0 spiro atoms. The number of benzene rings is 2. The van der Waals surface area contributed by atoms with Crippen molar-refractivity contribution in [3.63, 3.8) is 0 Å². The lowest BCUT2D eigenvalue weighted by Crippen LogP contribution is -2.43. The van der Waals surface area contributed by atoms with Crippen LogP contribution in [0.5, 0.6) is 5.75 Å². The zero-order valence-electron chi connectivity index (χ0n) is 20.6. The molecule has 9 heteroatoms. The van der Waals surface area contributed by atoms with E-state index in [1.54, 1.807) is 13.8 Å². The van der Waals surface area contributed by atoms with Gasteiger partial charge in [-0.2, -0.15) is 4.31 Å². The molecular formula is C25H36N4O4S. The third-order valence-electron chi connectivity index (χ3n) is 6.21. The zero-order chi connectivity index (χ0) is 24.7. The summed E-state index contributed by atoms with van der Waals surface area (Å²) < 4.78 is 32.5. The molecule has 1 aliphatic rings. The first kappa shape index (κ1) is 26.2. The summed E-state index contributed by atoms with van der Waals surface area (Å²) in [5, 5.41) is 2.91. The van der Waals surface area contributed by atoms with Gasteiger partial charge in [0.15, 0.2) is 0 Å². The van der Waals surface area contributed by atoms with Gasteiger partial charge in [-0.05, 0) is 36.4 Å². The zero-order valence-corrected chi connectivity index (χ0v) is 21.4. The maximum Gasteiger partial charge on any atom is 0.255 e. The second kappa shape index (κ2) is 11.8. The van der Waals surface area contributed by atoms with E-state index in [4.69, 9.17) is 4.74 Å². The van der Waals surface area contributed by atoms with Crippen molar-refractivity contribution in [2.24, 2.45) is 0 Å². The molecule has 1 N–H and O–H groups in total. The SMILES string of the molecule is CCN(CC)S(=O)(=O)c1ccc(OC)c(C(=O)NCc2cccc(CN3CCN(C)CC3)c2)c1. The fraction of sp³-hybridized carbons (Fsp3) is 0.480. The fourth-order valence-corrected chi connectivity index (χ4v) is 5.60. The summed E-state index contributed by atoms with van der Waals surface area (Å²) in [7, 11) is -0.0744. The van der Waals surface area contributed by atoms with Crippen LogP contribution in [0.3, 0.4) is 0 Å². The van der Waals surface area contributed by atoms with Crippen molar-refractivity contribution in [3.8, 4) is 5.75 Å². The molecule has 0 saturated carbocycles. The number of carbonyl (C=O) groups excluding carboxylic acids is 1. The van der Waals surface area contributed by atoms with Gasteiger partial charge < -0.3 is 15.0 Å². The number of rotatable bonds is 10. The first-order valence-electron chi connectivity index (χ1n) is 11.7. The molecule has 2 aromatic carbocycles. The molecular weight excluding hydrogens is 452 g/mol. The normalized spacial score (nSPS) is 15.4. The summed E-state index contributed by atoms with van der Waals surface area (Å²) in [5.74, 6) is -0.0438. The minimum Gasteiger partial charge on any atom is -0.496 e. The lowest BCUT2D eigenvalue weighted by atomic mass is 10.1. The Bertz CT molecular complexity index is 1080. The highest BCUT2D eigenvalue weighted by atomic mass is 32.2. The van der Waals surface area contributed by atoms with Crippen molar-refractivity contribution < 1.29 is 17.9 Å². The van der Waals surface area contributed by atoms with Gasteiger partial charge in [0.2, 0.25) is 10.0 Å². The van der Waals surface area contributed by atoms with Crippen molar-refractivity contribution in [3.05, 3.63) is 59.2 Å². The van der Waals surface area contributed by atoms with Crippen molar-refractivity contribution in [1.82, 2.24) is 19.4 Å². The highest BCUT2D eigenvalue weighted by Gasteiger charge is 2.24. The molecule has 1 amide bonds. The Balaban J connectivity index is 1.71. The Kier molecular flexibility index (Phi) is 9.07. The van der Waals surface area contributed by atoms with Crippen LogP contribution in [-0.2, 0) is 23.1 Å². The molecule has 0 radical (unpaired) electrons. The van der Waals surface area contributed by atoms with E-state index in [1.807, 2.05) is 12.1 Å². The van der Waals surface area contributed by atoms with Gasteiger partial charge >= 0.3 is 0 Å². The summed E-state index contributed by atoms with van der Waals surface area (Å²) in [5.41, 5.74) is 2.40. The number of hydrogen-bond donors (Lipinski definition) is 1. The van der Waals surface area contributed by atoms with E-state index in [1.165, 1.54) is 35.2 Å². The van der Waals surface area contributed by atoms with E-state index < -0.39 is 10.0 Å². The number of hydrogen-bond acceptors (Lipinski definition) is 6. The van der Waals surface area contributed by atoms with Gasteiger partial charge in [0.05, 0.1) is 17.6 Å². The van der Waals surface area contributed by atoms with Gasteiger partial charge in [-0.3, -0.25) is 9.69 Å². The van der Waals surface area contributed by atoms with Crippen LogP contribution in [0.1, 0.15) is 35.3 Å². The first-order valence-corrected chi connectivity index (χ1v) is 13.2. The smallest absolute Gasteiger partial charge is 0.255 e. The summed E-state index contributed by atoms with van der Waals surface area (Å²) in [6, 6.07) is 12.6. The van der Waals surface area contributed by atoms with Crippen LogP contribution in [0.25, 0.3) is 0 Å². The summed E-state index contributed by atoms with van der Waals surface area (Å²) in [6.07, 6.45) is 0. The number of nitrogens with zero attached hydrogens (tertiary/aromatic N) is 3. The van der Waals surface area contributed by atoms with Crippen molar-refractivity contribution >= 4 is 15.9 Å². The second-order valence-corrected chi connectivity index (χ2v) is 10.5. The molecule has 0 aromatic heterocycles. The second-order valence-electron chi connectivity index (χ2n) is 8.53. The molecule has 1 saturated heterocycles. The number of ether oxygens (including phenoxy) is 1. The number of methoxy groups -OCH3 is 1. The Labute approximate surface area is 203 Å². The molecule has 8 nitrogen and oxygen atoms in total. The molecule has 0 aliphatic carbocycles. The lowest BCUT2D eigenvalue weighted by Gasteiger charge is -2.32. The van der Waals surface area contributed by atoms with E-state index in [2.05, 4.69) is 34.3 Å². The monoisotopic (exact) mass is 488 g/mol. The van der Waals surface area contributed by atoms with Gasteiger partial charge in [0, 0.05) is 52.4 Å². The summed E-state index contributed by atoms with van der Waals surface area (Å²) in [6.45, 7) is 9.75. The molecule has 1 aliphatic heterocycles. The quantitative estimate of drug-likeness (QED) is 0.553. The fourth-order valence-electron chi connectivity index (χ4n) is 4.12. The lowest BCUT2D eigenvalue weighted by molar-refractivity contribution is 0.0947. The van der Waals surface area contributed by atoms with Crippen LogP contribution in [0.15, 0.2) is 47.4 Å². The number of amides is 1. The molecule has 186 valence electrons. The molecule has 1 fully saturated rings. The van der Waals surface area contributed by atoms with Crippen LogP contribution < -0.4 is 10.1 Å². The first-order chi connectivity index (χ1) is 16.3. The van der Waals surface area contributed by atoms with E-state index in [9.17, 15) is 13.2 Å². The number of carbonyl (C=O) groups is 1. The largest absolute Gasteiger partial charge is 0.496 e. The average Bonchev–Trinajstić information content (AvgIpc) is 2.84. The van der Waals surface area contributed by atoms with Crippen LogP contribution in [0.2, 0.25) is 0 Å². The Morgan fingerprint density at radius 2 is 1.71 bits per heavy atom. The molecule has 3 rings (SSSR count). The van der Waals surface area contributed by atoms with E-state index in [-0.39, 0.29) is 16.4 Å². The minimum atomic E-state index is -3.68. The summed E-state index contributed by atoms with van der Waals surface area (Å²) in [4.78, 5) is 17.9. The molecule has 0 unspecified atom stereocenters. The van der Waals surface area contributed by atoms with Crippen molar-refractivity contribution in [1.29, 1.82) is 0 Å². The topological polar surface area (TPSA) is 82.2 Å². The van der Waals surface area contributed by atoms with Crippen molar-refractivity contribution in [2.45, 2.75) is 31.8 Å². The number of piperazine rings is 1. The maximum absolute atomic E-state index is 13.0. The molecule has 34 heavy (non-hydrogen) atoms. The number of likely N-dealkylation sites (N-methyl/N-ethyl adjacent to an activating group) is 1. The van der Waals surface area contributed by atoms with E-state index >= 15 is 0 Å². The van der Waals surface area contributed by atoms with Gasteiger partial charge in [-0.25, -0.2) is 8.42 Å². The van der Waals surface area contributed by atoms with Crippen LogP contribution in [0.4, 0.5) is 0 Å². The number of nitrogens with one attached hydrogen (secondary N) is 1. The predicted molar refractivity (Wildman–Crippen MR) is 133 cm³/mol. The highest BCUT2D eigenvalue weighted by molar-refractivity contribution is 7.89. The Morgan fingerprint density at radius 1 is 1.03 bits per heavy atom. The van der Waals surface area contributed by atoms with Crippen LogP contribution in [0, 0.1) is 0 Å². The molecule has 2 aromatic rings. The van der Waals surface area contributed by atoms with E-state index in [0.717, 1.165) is 38.3 Å².